The standard InChI is InChI=1S/C6H14N2S/c1-5(2)8-3-6(4-8)7-9/h5-7,9H,3-4H2,1-2H3. The summed E-state index contributed by atoms with van der Waals surface area (Å²) in [5.74, 6) is 0. The first-order chi connectivity index (χ1) is 4.24. The van der Waals surface area contributed by atoms with Crippen LogP contribution in [0.4, 0.5) is 0 Å². The first kappa shape index (κ1) is 7.38. The van der Waals surface area contributed by atoms with Crippen LogP contribution in [0.3, 0.4) is 0 Å². The van der Waals surface area contributed by atoms with E-state index in [1.54, 1.807) is 0 Å². The predicted octanol–water partition coefficient (Wildman–Crippen LogP) is 0.513. The predicted molar refractivity (Wildman–Crippen MR) is 42.6 cm³/mol. The van der Waals surface area contributed by atoms with Crippen LogP contribution in [-0.2, 0) is 0 Å². The van der Waals surface area contributed by atoms with Gasteiger partial charge in [0.1, 0.15) is 0 Å². The van der Waals surface area contributed by atoms with Gasteiger partial charge in [-0.1, -0.05) is 12.8 Å². The van der Waals surface area contributed by atoms with E-state index in [2.05, 4.69) is 36.3 Å². The Morgan fingerprint density at radius 1 is 1.56 bits per heavy atom. The van der Waals surface area contributed by atoms with Gasteiger partial charge in [0.05, 0.1) is 0 Å². The topological polar surface area (TPSA) is 15.3 Å². The average Bonchev–Trinajstić information content (AvgIpc) is 1.61. The molecular weight excluding hydrogens is 132 g/mol. The highest BCUT2D eigenvalue weighted by Crippen LogP contribution is 2.11. The third-order valence-corrected chi connectivity index (χ3v) is 2.19. The minimum atomic E-state index is 0.621. The summed E-state index contributed by atoms with van der Waals surface area (Å²) in [7, 11) is 0. The van der Waals surface area contributed by atoms with Gasteiger partial charge >= 0.3 is 0 Å². The highest BCUT2D eigenvalue weighted by Gasteiger charge is 2.26. The van der Waals surface area contributed by atoms with Gasteiger partial charge in [0.25, 0.3) is 0 Å². The van der Waals surface area contributed by atoms with Crippen LogP contribution in [0.5, 0.6) is 0 Å². The van der Waals surface area contributed by atoms with E-state index in [1.165, 1.54) is 0 Å². The zero-order valence-corrected chi connectivity index (χ0v) is 6.86. The highest BCUT2D eigenvalue weighted by molar-refractivity contribution is 7.78. The molecule has 0 aromatic rings. The first-order valence-electron chi connectivity index (χ1n) is 3.37. The molecule has 1 rings (SSSR count). The number of nitrogens with one attached hydrogen (secondary N) is 1. The minimum Gasteiger partial charge on any atom is -0.298 e. The lowest BCUT2D eigenvalue weighted by Gasteiger charge is -2.41. The van der Waals surface area contributed by atoms with Crippen LogP contribution < -0.4 is 4.72 Å². The third-order valence-electron chi connectivity index (χ3n) is 1.82. The first-order valence-corrected chi connectivity index (χ1v) is 3.82. The smallest absolute Gasteiger partial charge is 0.0424 e. The lowest BCUT2D eigenvalue weighted by atomic mass is 10.1. The quantitative estimate of drug-likeness (QED) is 0.552. The maximum atomic E-state index is 3.98. The van der Waals surface area contributed by atoms with Crippen molar-refractivity contribution in [3.05, 3.63) is 0 Å². The van der Waals surface area contributed by atoms with Gasteiger partial charge in [-0.3, -0.25) is 9.62 Å². The molecule has 1 aliphatic rings. The van der Waals surface area contributed by atoms with Crippen LogP contribution in [0.25, 0.3) is 0 Å². The summed E-state index contributed by atoms with van der Waals surface area (Å²) < 4.78 is 2.94. The summed E-state index contributed by atoms with van der Waals surface area (Å²) in [6.07, 6.45) is 0. The maximum Gasteiger partial charge on any atom is 0.0424 e. The molecule has 0 aromatic heterocycles. The molecular formula is C6H14N2S. The molecule has 1 N–H and O–H groups in total. The Hall–Kier alpha value is 0.270. The molecule has 54 valence electrons. The Morgan fingerprint density at radius 3 is 2.44 bits per heavy atom. The molecule has 1 heterocycles. The maximum absolute atomic E-state index is 3.98. The molecule has 1 fully saturated rings. The molecule has 0 spiro atoms. The second-order valence-corrected chi connectivity index (χ2v) is 3.13. The van der Waals surface area contributed by atoms with E-state index < -0.39 is 0 Å². The lowest BCUT2D eigenvalue weighted by molar-refractivity contribution is 0.106. The van der Waals surface area contributed by atoms with Crippen LogP contribution in [-0.4, -0.2) is 30.1 Å². The van der Waals surface area contributed by atoms with Crippen molar-refractivity contribution < 1.29 is 0 Å². The van der Waals surface area contributed by atoms with Crippen LogP contribution in [0, 0.1) is 0 Å². The largest absolute Gasteiger partial charge is 0.298 e. The Morgan fingerprint density at radius 2 is 2.11 bits per heavy atom. The molecule has 0 atom stereocenters. The summed E-state index contributed by atoms with van der Waals surface area (Å²) in [5.41, 5.74) is 0. The summed E-state index contributed by atoms with van der Waals surface area (Å²) in [6, 6.07) is 1.32. The Bertz CT molecular complexity index is 89.1. The number of nitrogens with zero attached hydrogens (tertiary/aromatic N) is 1. The van der Waals surface area contributed by atoms with Gasteiger partial charge in [0.2, 0.25) is 0 Å². The van der Waals surface area contributed by atoms with Crippen molar-refractivity contribution in [3.8, 4) is 0 Å². The van der Waals surface area contributed by atoms with Crippen molar-refractivity contribution >= 4 is 12.8 Å². The van der Waals surface area contributed by atoms with E-state index >= 15 is 0 Å². The minimum absolute atomic E-state index is 0.621. The zero-order valence-electron chi connectivity index (χ0n) is 5.96. The second-order valence-electron chi connectivity index (χ2n) is 2.87. The number of hydrogen-bond acceptors (Lipinski definition) is 3. The zero-order chi connectivity index (χ0) is 6.85. The average molecular weight is 146 g/mol. The van der Waals surface area contributed by atoms with E-state index in [1.807, 2.05) is 0 Å². The van der Waals surface area contributed by atoms with E-state index in [9.17, 15) is 0 Å². The van der Waals surface area contributed by atoms with Gasteiger partial charge in [-0.25, -0.2) is 0 Å². The van der Waals surface area contributed by atoms with Crippen LogP contribution in [0.1, 0.15) is 13.8 Å². The number of hydrogen-bond donors (Lipinski definition) is 2. The van der Waals surface area contributed by atoms with E-state index in [4.69, 9.17) is 0 Å². The van der Waals surface area contributed by atoms with Crippen LogP contribution in [0.2, 0.25) is 0 Å². The Balaban J connectivity index is 2.12. The van der Waals surface area contributed by atoms with E-state index in [0.29, 0.717) is 12.1 Å². The van der Waals surface area contributed by atoms with Crippen LogP contribution >= 0.6 is 12.8 Å². The molecule has 0 radical (unpaired) electrons. The van der Waals surface area contributed by atoms with Gasteiger partial charge in [0, 0.05) is 25.2 Å². The van der Waals surface area contributed by atoms with Crippen LogP contribution in [0.15, 0.2) is 0 Å². The number of rotatable bonds is 2. The van der Waals surface area contributed by atoms with E-state index in [0.717, 1.165) is 13.1 Å². The fourth-order valence-electron chi connectivity index (χ4n) is 1.02. The SMILES string of the molecule is CC(C)N1CC(NS)C1. The summed E-state index contributed by atoms with van der Waals surface area (Å²) in [5, 5.41) is 0. The van der Waals surface area contributed by atoms with Crippen molar-refractivity contribution in [1.82, 2.24) is 9.62 Å². The molecule has 0 unspecified atom stereocenters. The van der Waals surface area contributed by atoms with Gasteiger partial charge in [-0.15, -0.1) is 0 Å². The molecule has 0 bridgehead atoms. The van der Waals surface area contributed by atoms with Crippen molar-refractivity contribution in [2.75, 3.05) is 13.1 Å². The van der Waals surface area contributed by atoms with Crippen molar-refractivity contribution in [2.24, 2.45) is 0 Å². The lowest BCUT2D eigenvalue weighted by Crippen LogP contribution is -2.57. The highest BCUT2D eigenvalue weighted by atomic mass is 32.1. The van der Waals surface area contributed by atoms with Crippen molar-refractivity contribution in [2.45, 2.75) is 25.9 Å². The van der Waals surface area contributed by atoms with Gasteiger partial charge in [-0.05, 0) is 13.8 Å². The normalized spacial score (nSPS) is 22.7. The number of likely N-dealkylation sites (tertiary alicyclic amines) is 1. The van der Waals surface area contributed by atoms with Gasteiger partial charge < -0.3 is 0 Å². The fourth-order valence-corrected chi connectivity index (χ4v) is 1.18. The molecule has 0 aliphatic carbocycles. The van der Waals surface area contributed by atoms with E-state index in [-0.39, 0.29) is 0 Å². The molecule has 2 nitrogen and oxygen atoms in total. The number of thiol groups is 1. The van der Waals surface area contributed by atoms with Gasteiger partial charge in [0.15, 0.2) is 0 Å². The summed E-state index contributed by atoms with van der Waals surface area (Å²) in [4.78, 5) is 2.41. The van der Waals surface area contributed by atoms with Crippen molar-refractivity contribution in [1.29, 1.82) is 0 Å². The second kappa shape index (κ2) is 2.90. The fraction of sp³-hybridized carbons (Fsp3) is 1.00. The summed E-state index contributed by atoms with van der Waals surface area (Å²) in [6.45, 7) is 6.74. The summed E-state index contributed by atoms with van der Waals surface area (Å²) >= 11 is 3.98. The Kier molecular flexibility index (Phi) is 2.38. The third kappa shape index (κ3) is 1.60. The molecule has 3 heteroatoms. The molecule has 0 saturated carbocycles. The molecule has 1 aliphatic heterocycles. The molecule has 0 aromatic carbocycles. The molecule has 0 amide bonds. The van der Waals surface area contributed by atoms with Crippen molar-refractivity contribution in [3.63, 3.8) is 0 Å². The van der Waals surface area contributed by atoms with Gasteiger partial charge in [-0.2, -0.15) is 0 Å². The molecule has 9 heavy (non-hydrogen) atoms. The Labute approximate surface area is 62.2 Å². The monoisotopic (exact) mass is 146 g/mol. The molecule has 1 saturated heterocycles.